The van der Waals surface area contributed by atoms with Gasteiger partial charge in [-0.05, 0) is 43.6 Å². The van der Waals surface area contributed by atoms with Crippen molar-refractivity contribution in [3.05, 3.63) is 11.3 Å². The molecule has 1 aliphatic carbocycles. The molecule has 1 aromatic heterocycles. The second-order valence-corrected chi connectivity index (χ2v) is 7.09. The van der Waals surface area contributed by atoms with Gasteiger partial charge < -0.3 is 10.4 Å². The van der Waals surface area contributed by atoms with E-state index >= 15 is 0 Å². The van der Waals surface area contributed by atoms with Crippen LogP contribution in [0.4, 0.5) is 5.00 Å². The van der Waals surface area contributed by atoms with Gasteiger partial charge in [0.25, 0.3) is 0 Å². The molecule has 0 saturated heterocycles. The third-order valence-electron chi connectivity index (χ3n) is 4.14. The fourth-order valence-corrected chi connectivity index (χ4v) is 4.08. The van der Waals surface area contributed by atoms with E-state index in [1.807, 2.05) is 0 Å². The Kier molecular flexibility index (Phi) is 4.66. The fraction of sp³-hybridized carbons (Fsp3) is 0.667. The van der Waals surface area contributed by atoms with Gasteiger partial charge in [0, 0.05) is 5.41 Å². The van der Waals surface area contributed by atoms with Crippen LogP contribution in [-0.4, -0.2) is 21.4 Å². The third kappa shape index (κ3) is 3.26. The number of aromatic carboxylic acids is 1. The summed E-state index contributed by atoms with van der Waals surface area (Å²) >= 11 is 1.05. The van der Waals surface area contributed by atoms with Gasteiger partial charge in [-0.25, -0.2) is 4.79 Å². The van der Waals surface area contributed by atoms with E-state index in [1.54, 1.807) is 6.92 Å². The number of nitrogens with zero attached hydrogens (tertiary/aromatic N) is 1. The average molecular weight is 310 g/mol. The number of carbonyl (C=O) groups is 2. The lowest BCUT2D eigenvalue weighted by atomic mass is 9.77. The van der Waals surface area contributed by atoms with Gasteiger partial charge in [0.2, 0.25) is 5.91 Å². The zero-order valence-corrected chi connectivity index (χ0v) is 13.5. The van der Waals surface area contributed by atoms with E-state index < -0.39 is 5.97 Å². The van der Waals surface area contributed by atoms with Crippen molar-refractivity contribution in [2.75, 3.05) is 5.32 Å². The molecule has 0 unspecified atom stereocenters. The van der Waals surface area contributed by atoms with Gasteiger partial charge in [0.1, 0.15) is 10.6 Å². The van der Waals surface area contributed by atoms with E-state index in [1.165, 1.54) is 0 Å². The highest BCUT2D eigenvalue weighted by molar-refractivity contribution is 7.11. The monoisotopic (exact) mass is 310 g/mol. The molecule has 21 heavy (non-hydrogen) atoms. The van der Waals surface area contributed by atoms with E-state index in [9.17, 15) is 14.7 Å². The van der Waals surface area contributed by atoms with Crippen LogP contribution < -0.4 is 5.32 Å². The Balaban J connectivity index is 2.22. The number of hydrogen-bond acceptors (Lipinski definition) is 4. The highest BCUT2D eigenvalue weighted by Gasteiger charge is 2.42. The number of rotatable bonds is 5. The first kappa shape index (κ1) is 15.9. The van der Waals surface area contributed by atoms with E-state index in [2.05, 4.69) is 23.5 Å². The van der Waals surface area contributed by atoms with E-state index in [0.29, 0.717) is 16.6 Å². The van der Waals surface area contributed by atoms with Crippen molar-refractivity contribution in [1.29, 1.82) is 0 Å². The number of carboxylic acid groups (broad SMARTS) is 1. The highest BCUT2D eigenvalue weighted by atomic mass is 32.1. The normalized spacial score (nSPS) is 17.1. The van der Waals surface area contributed by atoms with E-state index in [4.69, 9.17) is 0 Å². The number of anilines is 1. The molecule has 0 spiro atoms. The molecule has 6 heteroatoms. The van der Waals surface area contributed by atoms with Crippen molar-refractivity contribution < 1.29 is 14.7 Å². The van der Waals surface area contributed by atoms with E-state index in [0.717, 1.165) is 43.6 Å². The number of nitrogens with one attached hydrogen (secondary N) is 1. The Morgan fingerprint density at radius 1 is 1.38 bits per heavy atom. The lowest BCUT2D eigenvalue weighted by molar-refractivity contribution is -0.126. The van der Waals surface area contributed by atoms with Crippen molar-refractivity contribution in [1.82, 2.24) is 4.37 Å². The minimum absolute atomic E-state index is 0.0418. The smallest absolute Gasteiger partial charge is 0.340 e. The zero-order chi connectivity index (χ0) is 15.6. The van der Waals surface area contributed by atoms with Gasteiger partial charge in [0.15, 0.2) is 0 Å². The Hall–Kier alpha value is -1.43. The minimum atomic E-state index is -1.04. The van der Waals surface area contributed by atoms with Crippen LogP contribution in [0.2, 0.25) is 0 Å². The quantitative estimate of drug-likeness (QED) is 0.869. The molecule has 2 N–H and O–H groups in total. The number of amides is 1. The Labute approximate surface area is 128 Å². The lowest BCUT2D eigenvalue weighted by Gasteiger charge is -2.29. The van der Waals surface area contributed by atoms with Gasteiger partial charge >= 0.3 is 5.97 Å². The van der Waals surface area contributed by atoms with Crippen LogP contribution in [0.1, 0.15) is 62.0 Å². The van der Waals surface area contributed by atoms with Gasteiger partial charge in [0.05, 0.1) is 5.69 Å². The summed E-state index contributed by atoms with van der Waals surface area (Å²) in [7, 11) is 0. The molecular weight excluding hydrogens is 288 g/mol. The number of aromatic nitrogens is 1. The molecule has 1 fully saturated rings. The molecule has 1 saturated carbocycles. The van der Waals surface area contributed by atoms with Crippen LogP contribution in [-0.2, 0) is 4.79 Å². The van der Waals surface area contributed by atoms with Crippen molar-refractivity contribution in [3.8, 4) is 0 Å². The summed E-state index contributed by atoms with van der Waals surface area (Å²) in [5.41, 5.74) is 0.222. The Bertz CT molecular complexity index is 545. The topological polar surface area (TPSA) is 79.3 Å². The van der Waals surface area contributed by atoms with Crippen LogP contribution >= 0.6 is 11.5 Å². The molecule has 1 aromatic rings. The van der Waals surface area contributed by atoms with Gasteiger partial charge in [-0.3, -0.25) is 4.79 Å². The number of carbonyl (C=O) groups excluding carboxylic acids is 1. The molecule has 5 nitrogen and oxygen atoms in total. The Morgan fingerprint density at radius 2 is 2.00 bits per heavy atom. The first-order chi connectivity index (χ1) is 9.85. The second kappa shape index (κ2) is 6.13. The van der Waals surface area contributed by atoms with Crippen LogP contribution in [0.3, 0.4) is 0 Å². The second-order valence-electron chi connectivity index (χ2n) is 6.32. The number of hydrogen-bond donors (Lipinski definition) is 2. The zero-order valence-electron chi connectivity index (χ0n) is 12.7. The largest absolute Gasteiger partial charge is 0.478 e. The van der Waals surface area contributed by atoms with Crippen LogP contribution in [0, 0.1) is 18.3 Å². The summed E-state index contributed by atoms with van der Waals surface area (Å²) in [6.07, 6.45) is 4.74. The van der Waals surface area contributed by atoms with Crippen LogP contribution in [0.25, 0.3) is 0 Å². The van der Waals surface area contributed by atoms with Crippen LogP contribution in [0.15, 0.2) is 0 Å². The summed E-state index contributed by atoms with van der Waals surface area (Å²) in [5, 5.41) is 12.4. The molecule has 0 atom stereocenters. The van der Waals surface area contributed by atoms with Crippen molar-refractivity contribution in [2.24, 2.45) is 11.3 Å². The first-order valence-electron chi connectivity index (χ1n) is 7.37. The molecule has 116 valence electrons. The van der Waals surface area contributed by atoms with Crippen molar-refractivity contribution in [2.45, 2.75) is 52.9 Å². The summed E-state index contributed by atoms with van der Waals surface area (Å²) in [5.74, 6) is -0.642. The number of carboxylic acids is 1. The highest BCUT2D eigenvalue weighted by Crippen LogP contribution is 2.44. The summed E-state index contributed by atoms with van der Waals surface area (Å²) in [4.78, 5) is 24.0. The molecule has 0 aromatic carbocycles. The molecule has 1 heterocycles. The average Bonchev–Trinajstić information content (AvgIpc) is 2.96. The molecule has 0 aliphatic heterocycles. The van der Waals surface area contributed by atoms with Crippen LogP contribution in [0.5, 0.6) is 0 Å². The summed E-state index contributed by atoms with van der Waals surface area (Å²) < 4.78 is 4.05. The molecular formula is C15H22N2O3S. The van der Waals surface area contributed by atoms with Gasteiger partial charge in [-0.1, -0.05) is 26.7 Å². The minimum Gasteiger partial charge on any atom is -0.478 e. The van der Waals surface area contributed by atoms with Crippen molar-refractivity contribution >= 4 is 28.4 Å². The first-order valence-corrected chi connectivity index (χ1v) is 8.14. The molecule has 2 rings (SSSR count). The van der Waals surface area contributed by atoms with Gasteiger partial charge in [-0.15, -0.1) is 0 Å². The third-order valence-corrected chi connectivity index (χ3v) is 5.00. The SMILES string of the molecule is Cc1nsc(NC(=O)C2(CC(C)C)CCCC2)c1C(=O)O. The maximum Gasteiger partial charge on any atom is 0.340 e. The predicted octanol–water partition coefficient (Wildman–Crippen LogP) is 3.69. The number of aryl methyl sites for hydroxylation is 1. The maximum absolute atomic E-state index is 12.7. The van der Waals surface area contributed by atoms with Crippen molar-refractivity contribution in [3.63, 3.8) is 0 Å². The maximum atomic E-state index is 12.7. The Morgan fingerprint density at radius 3 is 2.52 bits per heavy atom. The summed E-state index contributed by atoms with van der Waals surface area (Å²) in [6, 6.07) is 0. The van der Waals surface area contributed by atoms with E-state index in [-0.39, 0.29) is 16.9 Å². The molecule has 1 amide bonds. The fourth-order valence-electron chi connectivity index (χ4n) is 3.30. The lowest BCUT2D eigenvalue weighted by Crippen LogP contribution is -2.35. The predicted molar refractivity (Wildman–Crippen MR) is 82.8 cm³/mol. The standard InChI is InChI=1S/C15H22N2O3S/c1-9(2)8-15(6-4-5-7-15)14(20)16-12-11(13(18)19)10(3)17-21-12/h9H,4-8H2,1-3H3,(H,16,20)(H,18,19). The van der Waals surface area contributed by atoms with Gasteiger partial charge in [-0.2, -0.15) is 4.37 Å². The molecule has 0 bridgehead atoms. The molecule has 0 radical (unpaired) electrons. The summed E-state index contributed by atoms with van der Waals surface area (Å²) in [6.45, 7) is 5.88. The molecule has 1 aliphatic rings.